The Kier molecular flexibility index (Phi) is 5.22. The molecule has 3 atom stereocenters. The largest absolute Gasteiger partial charge is 0.378 e. The lowest BCUT2D eigenvalue weighted by atomic mass is 9.76. The van der Waals surface area contributed by atoms with E-state index in [2.05, 4.69) is 23.5 Å². The maximum absolute atomic E-state index is 13.1. The van der Waals surface area contributed by atoms with Crippen molar-refractivity contribution in [1.29, 1.82) is 0 Å². The molecule has 1 fully saturated rings. The van der Waals surface area contributed by atoms with E-state index in [0.717, 1.165) is 54.7 Å². The van der Waals surface area contributed by atoms with E-state index in [1.165, 1.54) is 18.9 Å². The molecule has 6 heteroatoms. The minimum atomic E-state index is -0.342. The summed E-state index contributed by atoms with van der Waals surface area (Å²) in [6.07, 6.45) is 9.90. The van der Waals surface area contributed by atoms with Gasteiger partial charge >= 0.3 is 0 Å². The first kappa shape index (κ1) is 19.8. The van der Waals surface area contributed by atoms with E-state index in [1.54, 1.807) is 12.1 Å². The highest BCUT2D eigenvalue weighted by molar-refractivity contribution is 5.95. The lowest BCUT2D eigenvalue weighted by molar-refractivity contribution is -0.384. The van der Waals surface area contributed by atoms with Gasteiger partial charge in [0, 0.05) is 42.4 Å². The number of amides is 1. The number of anilines is 1. The molecule has 3 aliphatic rings. The Morgan fingerprint density at radius 1 is 1.06 bits per heavy atom. The summed E-state index contributed by atoms with van der Waals surface area (Å²) < 4.78 is 0. The van der Waals surface area contributed by atoms with Crippen LogP contribution in [0.4, 0.5) is 11.4 Å². The van der Waals surface area contributed by atoms with Crippen LogP contribution in [0.5, 0.6) is 0 Å². The summed E-state index contributed by atoms with van der Waals surface area (Å²) in [7, 11) is 0. The Hall–Kier alpha value is -3.15. The Bertz CT molecular complexity index is 1040. The number of fused-ring (bicyclic) bond motifs is 3. The van der Waals surface area contributed by atoms with Gasteiger partial charge in [-0.15, -0.1) is 0 Å². The summed E-state index contributed by atoms with van der Waals surface area (Å²) in [4.78, 5) is 26.1. The predicted molar refractivity (Wildman–Crippen MR) is 120 cm³/mol. The third kappa shape index (κ3) is 3.71. The molecule has 0 bridgehead atoms. The van der Waals surface area contributed by atoms with Crippen molar-refractivity contribution in [2.45, 2.75) is 44.1 Å². The summed E-state index contributed by atoms with van der Waals surface area (Å²) >= 11 is 0. The number of non-ortho nitro benzene ring substituents is 1. The Morgan fingerprint density at radius 2 is 1.87 bits per heavy atom. The van der Waals surface area contributed by atoms with Gasteiger partial charge in [-0.3, -0.25) is 14.9 Å². The summed E-state index contributed by atoms with van der Waals surface area (Å²) in [6, 6.07) is 12.9. The molecule has 2 aromatic carbocycles. The van der Waals surface area contributed by atoms with Crippen LogP contribution >= 0.6 is 0 Å². The molecule has 31 heavy (non-hydrogen) atoms. The number of hydrogen-bond acceptors (Lipinski definition) is 4. The van der Waals surface area contributed by atoms with Crippen molar-refractivity contribution in [3.63, 3.8) is 0 Å². The van der Waals surface area contributed by atoms with Crippen molar-refractivity contribution in [2.24, 2.45) is 5.92 Å². The molecule has 160 valence electrons. The smallest absolute Gasteiger partial charge is 0.269 e. The average Bonchev–Trinajstić information content (AvgIpc) is 3.13. The van der Waals surface area contributed by atoms with Crippen molar-refractivity contribution >= 4 is 17.3 Å². The number of rotatable bonds is 3. The zero-order valence-electron chi connectivity index (χ0n) is 17.5. The van der Waals surface area contributed by atoms with Crippen LogP contribution in [0.2, 0.25) is 0 Å². The Balaban J connectivity index is 1.46. The van der Waals surface area contributed by atoms with Crippen LogP contribution in [0.1, 0.15) is 65.5 Å². The molecule has 0 radical (unpaired) electrons. The van der Waals surface area contributed by atoms with Gasteiger partial charge in [-0.1, -0.05) is 37.1 Å². The lowest BCUT2D eigenvalue weighted by Crippen LogP contribution is -2.33. The normalized spacial score (nSPS) is 24.6. The molecule has 1 N–H and O–H groups in total. The number of carbonyl (C=O) groups excluding carboxylic acids is 1. The van der Waals surface area contributed by atoms with Gasteiger partial charge in [-0.25, -0.2) is 0 Å². The molecule has 0 saturated carbocycles. The number of hydrogen-bond donors (Lipinski definition) is 1. The minimum Gasteiger partial charge on any atom is -0.378 e. The van der Waals surface area contributed by atoms with Gasteiger partial charge in [0.1, 0.15) is 0 Å². The average molecular weight is 418 g/mol. The monoisotopic (exact) mass is 417 g/mol. The number of nitrogens with zero attached hydrogens (tertiary/aromatic N) is 2. The molecule has 1 amide bonds. The molecule has 0 aromatic heterocycles. The highest BCUT2D eigenvalue weighted by atomic mass is 16.6. The number of likely N-dealkylation sites (tertiary alicyclic amines) is 1. The highest BCUT2D eigenvalue weighted by Gasteiger charge is 2.38. The van der Waals surface area contributed by atoms with Crippen LogP contribution < -0.4 is 5.32 Å². The number of allylic oxidation sites excluding steroid dienone is 2. The van der Waals surface area contributed by atoms with E-state index in [1.807, 2.05) is 23.1 Å². The van der Waals surface area contributed by atoms with Gasteiger partial charge in [0.15, 0.2) is 0 Å². The molecular formula is C25H27N3O3. The standard InChI is InChI=1S/C25H27N3O3/c29-25(27-13-3-1-2-4-14-27)18-11-12-23-22(16-18)20-9-6-10-21(20)24(26-23)17-7-5-8-19(15-17)28(30)31/h5-9,11-12,15-16,20-21,24,26H,1-4,10,13-14H2/t20-,21+,24+/m0/s1. The van der Waals surface area contributed by atoms with E-state index < -0.39 is 0 Å². The van der Waals surface area contributed by atoms with Crippen molar-refractivity contribution < 1.29 is 9.72 Å². The fraction of sp³-hybridized carbons (Fsp3) is 0.400. The van der Waals surface area contributed by atoms with Crippen molar-refractivity contribution in [3.05, 3.63) is 81.4 Å². The summed E-state index contributed by atoms with van der Waals surface area (Å²) in [5.74, 6) is 0.611. The second kappa shape index (κ2) is 8.17. The maximum Gasteiger partial charge on any atom is 0.269 e. The van der Waals surface area contributed by atoms with Gasteiger partial charge < -0.3 is 10.2 Å². The maximum atomic E-state index is 13.1. The topological polar surface area (TPSA) is 75.5 Å². The number of nitrogens with one attached hydrogen (secondary N) is 1. The van der Waals surface area contributed by atoms with E-state index in [-0.39, 0.29) is 34.4 Å². The third-order valence-electron chi connectivity index (χ3n) is 6.94. The Morgan fingerprint density at radius 3 is 2.65 bits per heavy atom. The van der Waals surface area contributed by atoms with Crippen LogP contribution in [0.3, 0.4) is 0 Å². The molecule has 0 unspecified atom stereocenters. The summed E-state index contributed by atoms with van der Waals surface area (Å²) in [5, 5.41) is 14.9. The van der Waals surface area contributed by atoms with Crippen LogP contribution in [0.15, 0.2) is 54.6 Å². The first-order valence-electron chi connectivity index (χ1n) is 11.2. The lowest BCUT2D eigenvalue weighted by Gasteiger charge is -2.37. The molecule has 2 heterocycles. The second-order valence-electron chi connectivity index (χ2n) is 8.84. The Labute approximate surface area is 182 Å². The predicted octanol–water partition coefficient (Wildman–Crippen LogP) is 5.44. The SMILES string of the molecule is O=C(c1ccc2c(c1)[C@H]1C=CC[C@H]1[C@@H](c1cccc([N+](=O)[O-])c1)N2)N1CCCCCC1. The minimum absolute atomic E-state index is 0.000409. The van der Waals surface area contributed by atoms with E-state index in [9.17, 15) is 14.9 Å². The summed E-state index contributed by atoms with van der Waals surface area (Å²) in [6.45, 7) is 1.68. The number of benzene rings is 2. The highest BCUT2D eigenvalue weighted by Crippen LogP contribution is 2.50. The molecule has 0 spiro atoms. The first-order valence-corrected chi connectivity index (χ1v) is 11.2. The number of nitro benzene ring substituents is 1. The van der Waals surface area contributed by atoms with Crippen LogP contribution in [0.25, 0.3) is 0 Å². The fourth-order valence-electron chi connectivity index (χ4n) is 5.35. The first-order chi connectivity index (χ1) is 15.1. The van der Waals surface area contributed by atoms with E-state index >= 15 is 0 Å². The van der Waals surface area contributed by atoms with Crippen LogP contribution in [-0.2, 0) is 0 Å². The zero-order chi connectivity index (χ0) is 21.4. The zero-order valence-corrected chi connectivity index (χ0v) is 17.5. The van der Waals surface area contributed by atoms with Gasteiger partial charge in [0.25, 0.3) is 11.6 Å². The molecule has 2 aliphatic heterocycles. The quantitative estimate of drug-likeness (QED) is 0.410. The fourth-order valence-corrected chi connectivity index (χ4v) is 5.35. The van der Waals surface area contributed by atoms with Crippen LogP contribution in [0, 0.1) is 16.0 Å². The summed E-state index contributed by atoms with van der Waals surface area (Å²) in [5.41, 5.74) is 3.97. The van der Waals surface area contributed by atoms with E-state index in [4.69, 9.17) is 0 Å². The molecule has 2 aromatic rings. The molecule has 1 saturated heterocycles. The van der Waals surface area contributed by atoms with Crippen LogP contribution in [-0.4, -0.2) is 28.8 Å². The number of nitro groups is 1. The molecule has 1 aliphatic carbocycles. The second-order valence-corrected chi connectivity index (χ2v) is 8.84. The third-order valence-corrected chi connectivity index (χ3v) is 6.94. The van der Waals surface area contributed by atoms with Gasteiger partial charge in [-0.2, -0.15) is 0 Å². The van der Waals surface area contributed by atoms with Gasteiger partial charge in [0.05, 0.1) is 11.0 Å². The van der Waals surface area contributed by atoms with Crippen molar-refractivity contribution in [2.75, 3.05) is 18.4 Å². The van der Waals surface area contributed by atoms with Gasteiger partial charge in [0.2, 0.25) is 0 Å². The van der Waals surface area contributed by atoms with Crippen molar-refractivity contribution in [3.8, 4) is 0 Å². The van der Waals surface area contributed by atoms with Gasteiger partial charge in [-0.05, 0) is 54.5 Å². The molecular weight excluding hydrogens is 390 g/mol. The molecule has 5 rings (SSSR count). The number of carbonyl (C=O) groups is 1. The van der Waals surface area contributed by atoms with Crippen molar-refractivity contribution in [1.82, 2.24) is 4.90 Å². The molecule has 6 nitrogen and oxygen atoms in total. The van der Waals surface area contributed by atoms with E-state index in [0.29, 0.717) is 0 Å².